The first kappa shape index (κ1) is 50.8. The molecule has 0 aliphatic heterocycles. The first-order valence-corrected chi connectivity index (χ1v) is 21.6. The predicted octanol–water partition coefficient (Wildman–Crippen LogP) is -0.154. The van der Waals surface area contributed by atoms with Gasteiger partial charge in [-0.05, 0) is 60.4 Å². The van der Waals surface area contributed by atoms with Gasteiger partial charge in [-0.2, -0.15) is 0 Å². The minimum Gasteiger partial charge on any atom is -0.508 e. The van der Waals surface area contributed by atoms with Gasteiger partial charge in [0, 0.05) is 25.0 Å². The Bertz CT molecular complexity index is 2220. The molecule has 4 aromatic carbocycles. The number of thioether (sulfide) groups is 1. The molecule has 6 amide bonds. The fraction of sp³-hybridized carbons (Fsp3) is 0.326. The summed E-state index contributed by atoms with van der Waals surface area (Å²) in [6.45, 7) is 1.33. The monoisotopic (exact) mass is 913 g/mol. The molecule has 4 rings (SSSR count). The number of nitrogens with one attached hydrogen (secondary N) is 6. The molecule has 0 saturated heterocycles. The van der Waals surface area contributed by atoms with Crippen molar-refractivity contribution in [2.45, 2.75) is 81.2 Å². The van der Waals surface area contributed by atoms with Crippen LogP contribution in [0, 0.1) is 0 Å². The summed E-state index contributed by atoms with van der Waals surface area (Å²) in [7, 11) is 0. The van der Waals surface area contributed by atoms with Gasteiger partial charge in [-0.15, -0.1) is 0 Å². The van der Waals surface area contributed by atoms with E-state index in [-0.39, 0.29) is 42.4 Å². The number of phenolic OH excluding ortho intramolecular Hbond substituents is 2. The zero-order valence-electron chi connectivity index (χ0n) is 35.8. The van der Waals surface area contributed by atoms with Crippen LogP contribution in [0.3, 0.4) is 0 Å². The zero-order valence-corrected chi connectivity index (χ0v) is 36.6. The van der Waals surface area contributed by atoms with Gasteiger partial charge in [-0.3, -0.25) is 33.6 Å². The number of aliphatic hydroxyl groups excluding tert-OH is 2. The van der Waals surface area contributed by atoms with Gasteiger partial charge >= 0.3 is 0 Å². The van der Waals surface area contributed by atoms with Gasteiger partial charge in [0.1, 0.15) is 47.8 Å². The lowest BCUT2D eigenvalue weighted by atomic mass is 10.0. The van der Waals surface area contributed by atoms with E-state index < -0.39 is 84.4 Å². The highest BCUT2D eigenvalue weighted by Crippen LogP contribution is 2.15. The maximum absolute atomic E-state index is 13.9. The highest BCUT2D eigenvalue weighted by atomic mass is 32.2. The number of rotatable bonds is 23. The molecule has 65 heavy (non-hydrogen) atoms. The van der Waals surface area contributed by atoms with Crippen LogP contribution in [0.5, 0.6) is 11.5 Å². The van der Waals surface area contributed by atoms with Crippen LogP contribution in [0.15, 0.2) is 109 Å². The van der Waals surface area contributed by atoms with Crippen molar-refractivity contribution < 1.29 is 54.0 Å². The Balaban J connectivity index is 1.45. The second kappa shape index (κ2) is 25.5. The molecule has 18 nitrogen and oxygen atoms in total. The third kappa shape index (κ3) is 17.0. The number of carbonyl (C=O) groups excluding carboxylic acids is 7. The van der Waals surface area contributed by atoms with Crippen molar-refractivity contribution >= 4 is 52.3 Å². The number of aliphatic hydroxyl groups is 2. The minimum absolute atomic E-state index is 0.0226. The molecule has 12 N–H and O–H groups in total. The van der Waals surface area contributed by atoms with Gasteiger partial charge in [-0.25, -0.2) is 0 Å². The van der Waals surface area contributed by atoms with E-state index in [2.05, 4.69) is 31.9 Å². The Morgan fingerprint density at radius 2 is 0.923 bits per heavy atom. The maximum Gasteiger partial charge on any atom is 0.245 e. The lowest BCUT2D eigenvalue weighted by molar-refractivity contribution is -0.135. The molecule has 0 spiro atoms. The number of phenols is 2. The van der Waals surface area contributed by atoms with E-state index in [4.69, 9.17) is 5.73 Å². The van der Waals surface area contributed by atoms with Crippen molar-refractivity contribution in [3.05, 3.63) is 131 Å². The van der Waals surface area contributed by atoms with E-state index in [1.54, 1.807) is 42.5 Å². The molecule has 0 bridgehead atoms. The maximum atomic E-state index is 13.9. The summed E-state index contributed by atoms with van der Waals surface area (Å²) in [5.41, 5.74) is 8.42. The van der Waals surface area contributed by atoms with Gasteiger partial charge in [0.05, 0.1) is 19.3 Å². The van der Waals surface area contributed by atoms with E-state index in [0.717, 1.165) is 17.3 Å². The van der Waals surface area contributed by atoms with Crippen LogP contribution in [-0.2, 0) is 58.6 Å². The first-order chi connectivity index (χ1) is 31.0. The lowest BCUT2D eigenvalue weighted by Gasteiger charge is -2.26. The molecule has 7 atom stereocenters. The second-order valence-electron chi connectivity index (χ2n) is 15.2. The van der Waals surface area contributed by atoms with Crippen molar-refractivity contribution in [1.29, 1.82) is 0 Å². The van der Waals surface area contributed by atoms with E-state index in [9.17, 15) is 54.0 Å². The Hall–Kier alpha value is -6.80. The van der Waals surface area contributed by atoms with Crippen molar-refractivity contribution in [3.8, 4) is 11.5 Å². The molecule has 0 aliphatic carbocycles. The Labute approximate surface area is 380 Å². The molecule has 0 unspecified atom stereocenters. The van der Waals surface area contributed by atoms with Crippen molar-refractivity contribution in [1.82, 2.24) is 31.9 Å². The first-order valence-electron chi connectivity index (χ1n) is 20.7. The molecular formula is C46H55N7O11S. The Morgan fingerprint density at radius 3 is 1.40 bits per heavy atom. The Morgan fingerprint density at radius 1 is 0.523 bits per heavy atom. The third-order valence-electron chi connectivity index (χ3n) is 9.97. The Kier molecular flexibility index (Phi) is 19.9. The second-order valence-corrected chi connectivity index (χ2v) is 16.3. The molecule has 19 heteroatoms. The van der Waals surface area contributed by atoms with E-state index in [1.165, 1.54) is 50.2 Å². The van der Waals surface area contributed by atoms with Crippen molar-refractivity contribution in [2.75, 3.05) is 13.2 Å². The van der Waals surface area contributed by atoms with Crippen molar-refractivity contribution in [2.24, 2.45) is 5.73 Å². The predicted molar refractivity (Wildman–Crippen MR) is 242 cm³/mol. The standard InChI is InChI=1S/C46H55N7O11S/c1-27(41(59)50-35(22-30-13-17-33(56)18-14-30)42(60)48-24-39(58)65-26-32-11-7-4-8-12-32)49-45(63)38(25-54)53-44(62)36(23-31-15-19-34(57)20-16-31)51-43(61)37(21-29-9-5-3-6-10-29)52-46(64)40(47)28(2)55/h3-20,27-28,35-38,40,54-57H,21-26,47H2,1-2H3,(H,48,60)(H,49,63)(H,50,59)(H,51,61)(H,52,64)(H,53,62)/t27-,28+,35-,36-,37-,38-,40-/m0/s1. The normalized spacial score (nSPS) is 14.2. The lowest BCUT2D eigenvalue weighted by Crippen LogP contribution is -2.60. The minimum atomic E-state index is -1.66. The number of nitrogens with two attached hydrogens (primary N) is 1. The van der Waals surface area contributed by atoms with Gasteiger partial charge in [0.15, 0.2) is 0 Å². The fourth-order valence-corrected chi connectivity index (χ4v) is 6.88. The van der Waals surface area contributed by atoms with Gasteiger partial charge in [0.2, 0.25) is 40.6 Å². The molecular weight excluding hydrogens is 859 g/mol. The summed E-state index contributed by atoms with van der Waals surface area (Å²) in [5, 5.41) is 54.5. The summed E-state index contributed by atoms with van der Waals surface area (Å²) < 4.78 is 0. The van der Waals surface area contributed by atoms with Crippen molar-refractivity contribution in [3.63, 3.8) is 0 Å². The summed E-state index contributed by atoms with van der Waals surface area (Å²) >= 11 is 1.01. The average molecular weight is 914 g/mol. The smallest absolute Gasteiger partial charge is 0.245 e. The van der Waals surface area contributed by atoms with E-state index in [1.807, 2.05) is 30.3 Å². The summed E-state index contributed by atoms with van der Waals surface area (Å²) in [6, 6.07) is 21.2. The van der Waals surface area contributed by atoms with Crippen LogP contribution in [-0.4, -0.2) is 116 Å². The molecule has 4 aromatic rings. The number of amides is 6. The molecule has 0 fully saturated rings. The number of hydrogen-bond donors (Lipinski definition) is 11. The summed E-state index contributed by atoms with van der Waals surface area (Å²) in [5.74, 6) is -4.82. The highest BCUT2D eigenvalue weighted by molar-refractivity contribution is 8.13. The molecule has 0 saturated carbocycles. The topological polar surface area (TPSA) is 299 Å². The van der Waals surface area contributed by atoms with E-state index in [0.29, 0.717) is 22.4 Å². The van der Waals surface area contributed by atoms with Crippen LogP contribution in [0.2, 0.25) is 0 Å². The van der Waals surface area contributed by atoms with Crippen LogP contribution >= 0.6 is 11.8 Å². The molecule has 0 radical (unpaired) electrons. The summed E-state index contributed by atoms with van der Waals surface area (Å²) in [4.78, 5) is 93.7. The number of aromatic hydroxyl groups is 2. The van der Waals surface area contributed by atoms with Crippen LogP contribution in [0.4, 0.5) is 0 Å². The average Bonchev–Trinajstić information content (AvgIpc) is 3.29. The molecule has 0 aliphatic rings. The molecule has 0 aromatic heterocycles. The number of carbonyl (C=O) groups is 7. The van der Waals surface area contributed by atoms with Crippen LogP contribution < -0.4 is 37.6 Å². The fourth-order valence-electron chi connectivity index (χ4n) is 6.19. The number of hydrogen-bond acceptors (Lipinski definition) is 13. The quantitative estimate of drug-likeness (QED) is 0.0462. The third-order valence-corrected chi connectivity index (χ3v) is 10.9. The largest absolute Gasteiger partial charge is 0.508 e. The number of benzene rings is 4. The van der Waals surface area contributed by atoms with E-state index >= 15 is 0 Å². The van der Waals surface area contributed by atoms with Gasteiger partial charge in [-0.1, -0.05) is 96.7 Å². The molecule has 0 heterocycles. The highest BCUT2D eigenvalue weighted by Gasteiger charge is 2.33. The van der Waals surface area contributed by atoms with Crippen LogP contribution in [0.25, 0.3) is 0 Å². The zero-order chi connectivity index (χ0) is 47.5. The van der Waals surface area contributed by atoms with Gasteiger partial charge in [0.25, 0.3) is 0 Å². The molecule has 346 valence electrons. The summed E-state index contributed by atoms with van der Waals surface area (Å²) in [6.07, 6.45) is -1.53. The van der Waals surface area contributed by atoms with Crippen LogP contribution in [0.1, 0.15) is 36.1 Å². The SMILES string of the molecule is C[C@H](NC(=O)[C@H](CO)NC(=O)[C@H](Cc1ccc(O)cc1)NC(=O)[C@H](Cc1ccccc1)NC(=O)[C@@H](N)[C@@H](C)O)C(=O)N[C@@H](Cc1ccc(O)cc1)C(=O)NCC(=O)SCc1ccccc1. The van der Waals surface area contributed by atoms with Gasteiger partial charge < -0.3 is 58.1 Å².